The molecule has 0 aliphatic heterocycles. The summed E-state index contributed by atoms with van der Waals surface area (Å²) in [4.78, 5) is 35.5. The van der Waals surface area contributed by atoms with Crippen molar-refractivity contribution < 1.29 is 38.1 Å². The van der Waals surface area contributed by atoms with Crippen molar-refractivity contribution in [3.63, 3.8) is 0 Å². The molecule has 0 saturated heterocycles. The lowest BCUT2D eigenvalue weighted by molar-refractivity contribution is -0.129. The molecule has 1 rings (SSSR count). The third kappa shape index (κ3) is 19.4. The van der Waals surface area contributed by atoms with Gasteiger partial charge in [0, 0.05) is 24.2 Å². The molecule has 1 aliphatic rings. The van der Waals surface area contributed by atoms with Crippen LogP contribution in [0.25, 0.3) is 0 Å². The first kappa shape index (κ1) is 38.6. The highest BCUT2D eigenvalue weighted by Gasteiger charge is 2.23. The zero-order chi connectivity index (χ0) is 32.1. The summed E-state index contributed by atoms with van der Waals surface area (Å²) in [6.07, 6.45) is 4.79. The Morgan fingerprint density at radius 1 is 0.860 bits per heavy atom. The third-order valence-electron chi connectivity index (χ3n) is 6.48. The first-order valence-corrected chi connectivity index (χ1v) is 15.5. The second-order valence-corrected chi connectivity index (χ2v) is 11.9. The van der Waals surface area contributed by atoms with Crippen molar-refractivity contribution in [2.24, 2.45) is 17.4 Å². The molecule has 0 aromatic heterocycles. The van der Waals surface area contributed by atoms with Gasteiger partial charge in [0.05, 0.1) is 64.7 Å². The van der Waals surface area contributed by atoms with E-state index in [1.54, 1.807) is 0 Å². The van der Waals surface area contributed by atoms with Gasteiger partial charge in [0.15, 0.2) is 0 Å². The van der Waals surface area contributed by atoms with Crippen LogP contribution in [-0.2, 0) is 38.1 Å². The minimum absolute atomic E-state index is 0.0483. The van der Waals surface area contributed by atoms with Gasteiger partial charge in [0.25, 0.3) is 0 Å². The molecule has 43 heavy (non-hydrogen) atoms. The maximum absolute atomic E-state index is 12.2. The highest BCUT2D eigenvalue weighted by molar-refractivity contribution is 5.86. The summed E-state index contributed by atoms with van der Waals surface area (Å²) in [5.74, 6) is -1.11. The predicted molar refractivity (Wildman–Crippen MR) is 164 cm³/mol. The molecule has 13 heteroatoms. The van der Waals surface area contributed by atoms with Gasteiger partial charge in [0.1, 0.15) is 12.6 Å². The van der Waals surface area contributed by atoms with Gasteiger partial charge in [-0.2, -0.15) is 0 Å². The van der Waals surface area contributed by atoms with Crippen LogP contribution < -0.4 is 27.4 Å². The topological polar surface area (TPSA) is 185 Å². The van der Waals surface area contributed by atoms with E-state index in [2.05, 4.69) is 36.7 Å². The van der Waals surface area contributed by atoms with Gasteiger partial charge in [-0.1, -0.05) is 26.7 Å². The second kappa shape index (κ2) is 22.1. The number of rotatable bonds is 22. The number of carbonyl (C=O) groups excluding carboxylic acids is 3. The highest BCUT2D eigenvalue weighted by Crippen LogP contribution is 2.23. The molecular weight excluding hydrogens is 558 g/mol. The molecule has 0 spiro atoms. The second-order valence-electron chi connectivity index (χ2n) is 11.9. The van der Waals surface area contributed by atoms with E-state index in [1.165, 1.54) is 0 Å². The number of ether oxygens (including phenoxy) is 5. The summed E-state index contributed by atoms with van der Waals surface area (Å²) in [6.45, 7) is 13.2. The number of allylic oxidation sites excluding steroid dienone is 1. The molecule has 0 aromatic carbocycles. The molecule has 7 N–H and O–H groups in total. The summed E-state index contributed by atoms with van der Waals surface area (Å²) in [7, 11) is 0. The Morgan fingerprint density at radius 2 is 1.44 bits per heavy atom. The Labute approximate surface area is 257 Å². The molecule has 0 radical (unpaired) electrons. The summed E-state index contributed by atoms with van der Waals surface area (Å²) in [5.41, 5.74) is 13.4. The normalized spacial score (nSPS) is 18.5. The van der Waals surface area contributed by atoms with Gasteiger partial charge in [-0.3, -0.25) is 14.4 Å². The molecule has 0 bridgehead atoms. The molecule has 1 aliphatic carbocycles. The lowest BCUT2D eigenvalue weighted by Gasteiger charge is -2.30. The zero-order valence-electron chi connectivity index (χ0n) is 27.0. The fourth-order valence-corrected chi connectivity index (χ4v) is 4.29. The Balaban J connectivity index is 2.01. The van der Waals surface area contributed by atoms with Crippen LogP contribution in [0.3, 0.4) is 0 Å². The number of hydrogen-bond acceptors (Lipinski definition) is 10. The zero-order valence-corrected chi connectivity index (χ0v) is 27.0. The summed E-state index contributed by atoms with van der Waals surface area (Å²) < 4.78 is 27.7. The van der Waals surface area contributed by atoms with Crippen LogP contribution in [-0.4, -0.2) is 101 Å². The first-order chi connectivity index (χ1) is 20.4. The maximum Gasteiger partial charge on any atom is 0.246 e. The van der Waals surface area contributed by atoms with E-state index in [4.69, 9.17) is 35.2 Å². The summed E-state index contributed by atoms with van der Waals surface area (Å²) in [5, 5.41) is 8.92. The number of nitrogens with one attached hydrogen (secondary N) is 3. The van der Waals surface area contributed by atoms with Crippen LogP contribution in [0.2, 0.25) is 0 Å². The number of amides is 3. The Bertz CT molecular complexity index is 847. The average Bonchev–Trinajstić information content (AvgIpc) is 2.92. The van der Waals surface area contributed by atoms with Crippen LogP contribution in [0.1, 0.15) is 73.1 Å². The van der Waals surface area contributed by atoms with E-state index in [0.717, 1.165) is 37.8 Å². The van der Waals surface area contributed by atoms with Crippen LogP contribution >= 0.6 is 0 Å². The maximum atomic E-state index is 12.2. The number of carbonyl (C=O) groups is 3. The van der Waals surface area contributed by atoms with E-state index in [9.17, 15) is 14.4 Å². The monoisotopic (exact) mass is 615 g/mol. The minimum Gasteiger partial charge on any atom is -0.399 e. The quantitative estimate of drug-likeness (QED) is 0.110. The van der Waals surface area contributed by atoms with Crippen molar-refractivity contribution in [1.82, 2.24) is 16.0 Å². The summed E-state index contributed by atoms with van der Waals surface area (Å²) >= 11 is 0. The van der Waals surface area contributed by atoms with E-state index in [0.29, 0.717) is 58.5 Å². The van der Waals surface area contributed by atoms with Gasteiger partial charge in [-0.25, -0.2) is 0 Å². The van der Waals surface area contributed by atoms with Crippen LogP contribution in [0, 0.1) is 5.92 Å². The minimum atomic E-state index is -0.683. The smallest absolute Gasteiger partial charge is 0.246 e. The van der Waals surface area contributed by atoms with Gasteiger partial charge in [-0.05, 0) is 46.0 Å². The standard InChI is InChI=1S/C30H57N5O8/c1-22(2)28(29(32)38)34-25(36)11-13-39-15-17-41-19-20-42-18-16-40-14-12-33-26(37)21-43-24-10-8-6-7-9-23(27(24)31)35-30(3,4)5/h22,24,28,35H,6-21,31H2,1-5H3,(H2,32,38)(H,33,37)(H,34,36)/b27-23-/t24?,28-/m0/s1. The molecule has 250 valence electrons. The van der Waals surface area contributed by atoms with E-state index < -0.39 is 11.9 Å². The SMILES string of the molecule is CC(C)[C@H](NC(=O)CCOCCOCCOCCOCCNC(=O)COC1CCCCC/C(NC(C)(C)C)=C\1N)C(N)=O. The van der Waals surface area contributed by atoms with Crippen molar-refractivity contribution in [1.29, 1.82) is 0 Å². The van der Waals surface area contributed by atoms with Crippen molar-refractivity contribution in [3.8, 4) is 0 Å². The van der Waals surface area contributed by atoms with Crippen LogP contribution in [0.4, 0.5) is 0 Å². The molecule has 1 unspecified atom stereocenters. The van der Waals surface area contributed by atoms with Crippen molar-refractivity contribution in [3.05, 3.63) is 11.4 Å². The highest BCUT2D eigenvalue weighted by atomic mass is 16.6. The Hall–Kier alpha value is -2.45. The van der Waals surface area contributed by atoms with Crippen molar-refractivity contribution in [2.75, 3.05) is 66.0 Å². The summed E-state index contributed by atoms with van der Waals surface area (Å²) in [6, 6.07) is -0.683. The van der Waals surface area contributed by atoms with E-state index in [1.807, 2.05) is 13.8 Å². The Morgan fingerprint density at radius 3 is 2.00 bits per heavy atom. The molecule has 3 amide bonds. The predicted octanol–water partition coefficient (Wildman–Crippen LogP) is 1.09. The lowest BCUT2D eigenvalue weighted by Crippen LogP contribution is -2.47. The average molecular weight is 616 g/mol. The molecule has 2 atom stereocenters. The van der Waals surface area contributed by atoms with Gasteiger partial charge < -0.3 is 51.1 Å². The van der Waals surface area contributed by atoms with Crippen molar-refractivity contribution in [2.45, 2.75) is 90.8 Å². The first-order valence-electron chi connectivity index (χ1n) is 15.5. The lowest BCUT2D eigenvalue weighted by atomic mass is 9.97. The molecule has 0 saturated carbocycles. The van der Waals surface area contributed by atoms with Gasteiger partial charge in [0.2, 0.25) is 17.7 Å². The van der Waals surface area contributed by atoms with Crippen molar-refractivity contribution >= 4 is 17.7 Å². The molecule has 0 heterocycles. The van der Waals surface area contributed by atoms with E-state index >= 15 is 0 Å². The van der Waals surface area contributed by atoms with Gasteiger partial charge in [-0.15, -0.1) is 0 Å². The van der Waals surface area contributed by atoms with Crippen LogP contribution in [0.5, 0.6) is 0 Å². The van der Waals surface area contributed by atoms with Crippen LogP contribution in [0.15, 0.2) is 11.4 Å². The largest absolute Gasteiger partial charge is 0.399 e. The third-order valence-corrected chi connectivity index (χ3v) is 6.48. The molecule has 0 aromatic rings. The van der Waals surface area contributed by atoms with E-state index in [-0.39, 0.29) is 49.0 Å². The fraction of sp³-hybridized carbons (Fsp3) is 0.833. The Kier molecular flexibility index (Phi) is 19.8. The fourth-order valence-electron chi connectivity index (χ4n) is 4.29. The molecule has 0 fully saturated rings. The number of hydrogen-bond donors (Lipinski definition) is 5. The van der Waals surface area contributed by atoms with Gasteiger partial charge >= 0.3 is 0 Å². The number of primary amides is 1. The number of nitrogens with two attached hydrogens (primary N) is 2. The molecular formula is C30H57N5O8. The molecule has 13 nitrogen and oxygen atoms in total.